The molecule has 0 aliphatic carbocycles. The minimum Gasteiger partial charge on any atom is -0.341 e. The van der Waals surface area contributed by atoms with Gasteiger partial charge in [0.25, 0.3) is 11.5 Å². The maximum atomic E-state index is 13.6. The quantitative estimate of drug-likeness (QED) is 0.565. The minimum absolute atomic E-state index is 0.177. The third-order valence-electron chi connectivity index (χ3n) is 7.25. The molecular weight excluding hydrogens is 454 g/mol. The molecule has 8 heteroatoms. The molecule has 0 unspecified atom stereocenters. The molecule has 0 saturated carbocycles. The van der Waals surface area contributed by atoms with Gasteiger partial charge in [-0.15, -0.1) is 0 Å². The Hall–Kier alpha value is -3.52. The number of amides is 2. The van der Waals surface area contributed by atoms with Gasteiger partial charge in [-0.05, 0) is 36.5 Å². The Balaban J connectivity index is 1.31. The van der Waals surface area contributed by atoms with E-state index in [1.165, 1.54) is 11.1 Å². The normalized spacial score (nSPS) is 21.1. The van der Waals surface area contributed by atoms with Gasteiger partial charge in [0, 0.05) is 44.7 Å². The third kappa shape index (κ3) is 4.91. The summed E-state index contributed by atoms with van der Waals surface area (Å²) in [5.41, 5.74) is 0.639. The molecule has 8 nitrogen and oxygen atoms in total. The predicted molar refractivity (Wildman–Crippen MR) is 139 cm³/mol. The molecule has 3 heterocycles. The Labute approximate surface area is 211 Å². The van der Waals surface area contributed by atoms with Crippen LogP contribution in [0.4, 0.5) is 0 Å². The Morgan fingerprint density at radius 3 is 2.11 bits per heavy atom. The zero-order valence-corrected chi connectivity index (χ0v) is 21.0. The molecule has 2 aliphatic rings. The minimum atomic E-state index is -0.252. The SMILES string of the molecule is C[C@H]1C[C@H](C)CN(C(=O)CN2CCN(C(=O)c3nn(-c4ccccc4)c(=O)c4ccccc34)CC2)C1. The van der Waals surface area contributed by atoms with Crippen LogP contribution in [-0.2, 0) is 4.79 Å². The van der Waals surface area contributed by atoms with Crippen LogP contribution in [0, 0.1) is 11.8 Å². The second kappa shape index (κ2) is 10.2. The lowest BCUT2D eigenvalue weighted by Gasteiger charge is -2.38. The Bertz CT molecular complexity index is 1300. The Morgan fingerprint density at radius 1 is 0.833 bits per heavy atom. The zero-order valence-electron chi connectivity index (χ0n) is 21.0. The van der Waals surface area contributed by atoms with Crippen LogP contribution >= 0.6 is 0 Å². The molecule has 2 amide bonds. The average molecular weight is 488 g/mol. The van der Waals surface area contributed by atoms with Gasteiger partial charge in [-0.25, -0.2) is 0 Å². The van der Waals surface area contributed by atoms with Crippen LogP contribution in [0.5, 0.6) is 0 Å². The topological polar surface area (TPSA) is 78.8 Å². The van der Waals surface area contributed by atoms with Crippen LogP contribution in [0.1, 0.15) is 30.8 Å². The lowest BCUT2D eigenvalue weighted by atomic mass is 9.92. The second-order valence-electron chi connectivity index (χ2n) is 10.3. The van der Waals surface area contributed by atoms with Crippen molar-refractivity contribution in [1.29, 1.82) is 0 Å². The fraction of sp³-hybridized carbons (Fsp3) is 0.429. The van der Waals surface area contributed by atoms with Gasteiger partial charge in [-0.2, -0.15) is 9.78 Å². The average Bonchev–Trinajstić information content (AvgIpc) is 2.89. The van der Waals surface area contributed by atoms with E-state index in [0.29, 0.717) is 61.0 Å². The standard InChI is InChI=1S/C28H33N5O3/c1-20-16-21(2)18-32(17-20)25(34)19-30-12-14-31(15-13-30)28(36)26-23-10-6-7-11-24(23)27(35)33(29-26)22-8-4-3-5-9-22/h3-11,20-21H,12-19H2,1-2H3/t20-,21-/m0/s1. The summed E-state index contributed by atoms with van der Waals surface area (Å²) < 4.78 is 1.31. The first-order chi connectivity index (χ1) is 17.4. The Morgan fingerprint density at radius 2 is 1.44 bits per heavy atom. The fourth-order valence-electron chi connectivity index (χ4n) is 5.51. The molecule has 0 spiro atoms. The van der Waals surface area contributed by atoms with E-state index in [2.05, 4.69) is 23.8 Å². The van der Waals surface area contributed by atoms with Crippen molar-refractivity contribution >= 4 is 22.6 Å². The summed E-state index contributed by atoms with van der Waals surface area (Å²) in [5, 5.41) is 5.55. The van der Waals surface area contributed by atoms with E-state index in [4.69, 9.17) is 0 Å². The maximum Gasteiger partial charge on any atom is 0.279 e. The van der Waals surface area contributed by atoms with Gasteiger partial charge in [0.15, 0.2) is 5.69 Å². The number of hydrogen-bond donors (Lipinski definition) is 0. The third-order valence-corrected chi connectivity index (χ3v) is 7.25. The number of likely N-dealkylation sites (tertiary alicyclic amines) is 1. The van der Waals surface area contributed by atoms with E-state index in [1.54, 1.807) is 35.2 Å². The molecule has 36 heavy (non-hydrogen) atoms. The fourth-order valence-corrected chi connectivity index (χ4v) is 5.51. The number of carbonyl (C=O) groups excluding carboxylic acids is 2. The number of piperazine rings is 1. The monoisotopic (exact) mass is 487 g/mol. The smallest absolute Gasteiger partial charge is 0.279 e. The molecule has 2 aliphatic heterocycles. The van der Waals surface area contributed by atoms with Gasteiger partial charge in [-0.1, -0.05) is 50.2 Å². The first kappa shape index (κ1) is 24.2. The van der Waals surface area contributed by atoms with Gasteiger partial charge in [-0.3, -0.25) is 19.3 Å². The number of nitrogens with zero attached hydrogens (tertiary/aromatic N) is 5. The summed E-state index contributed by atoms with van der Waals surface area (Å²) in [7, 11) is 0. The molecule has 3 aromatic rings. The number of para-hydroxylation sites is 1. The molecule has 2 saturated heterocycles. The number of rotatable bonds is 4. The molecule has 0 bridgehead atoms. The number of hydrogen-bond acceptors (Lipinski definition) is 5. The van der Waals surface area contributed by atoms with Crippen LogP contribution in [-0.4, -0.2) is 82.1 Å². The van der Waals surface area contributed by atoms with Crippen molar-refractivity contribution in [2.24, 2.45) is 11.8 Å². The van der Waals surface area contributed by atoms with Crippen LogP contribution in [0.2, 0.25) is 0 Å². The summed E-state index contributed by atoms with van der Waals surface area (Å²) in [5.74, 6) is 1.05. The van der Waals surface area contributed by atoms with Crippen molar-refractivity contribution in [3.8, 4) is 5.69 Å². The lowest BCUT2D eigenvalue weighted by molar-refractivity contribution is -0.135. The van der Waals surface area contributed by atoms with Gasteiger partial charge in [0.1, 0.15) is 0 Å². The predicted octanol–water partition coefficient (Wildman–Crippen LogP) is 2.65. The van der Waals surface area contributed by atoms with Gasteiger partial charge >= 0.3 is 0 Å². The Kier molecular flexibility index (Phi) is 6.87. The van der Waals surface area contributed by atoms with Crippen LogP contribution < -0.4 is 5.56 Å². The molecule has 0 N–H and O–H groups in total. The van der Waals surface area contributed by atoms with Crippen molar-refractivity contribution in [3.63, 3.8) is 0 Å². The van der Waals surface area contributed by atoms with E-state index in [-0.39, 0.29) is 23.1 Å². The maximum absolute atomic E-state index is 13.6. The van der Waals surface area contributed by atoms with E-state index in [9.17, 15) is 14.4 Å². The van der Waals surface area contributed by atoms with Crippen molar-refractivity contribution in [3.05, 3.63) is 70.6 Å². The molecule has 0 radical (unpaired) electrons. The number of piperidine rings is 1. The van der Waals surface area contributed by atoms with Gasteiger partial charge in [0.2, 0.25) is 5.91 Å². The number of aromatic nitrogens is 2. The van der Waals surface area contributed by atoms with Crippen molar-refractivity contribution < 1.29 is 9.59 Å². The molecule has 188 valence electrons. The van der Waals surface area contributed by atoms with E-state index in [1.807, 2.05) is 29.2 Å². The largest absolute Gasteiger partial charge is 0.341 e. The zero-order chi connectivity index (χ0) is 25.2. The van der Waals surface area contributed by atoms with Crippen molar-refractivity contribution in [2.45, 2.75) is 20.3 Å². The highest BCUT2D eigenvalue weighted by Gasteiger charge is 2.29. The second-order valence-corrected chi connectivity index (χ2v) is 10.3. The van der Waals surface area contributed by atoms with Crippen LogP contribution in [0.25, 0.3) is 16.5 Å². The molecule has 2 aromatic carbocycles. The molecular formula is C28H33N5O3. The van der Waals surface area contributed by atoms with Gasteiger partial charge < -0.3 is 9.80 Å². The molecule has 2 fully saturated rings. The van der Waals surface area contributed by atoms with E-state index < -0.39 is 0 Å². The highest BCUT2D eigenvalue weighted by Crippen LogP contribution is 2.22. The van der Waals surface area contributed by atoms with Crippen LogP contribution in [0.3, 0.4) is 0 Å². The first-order valence-corrected chi connectivity index (χ1v) is 12.8. The summed E-state index contributed by atoms with van der Waals surface area (Å²) in [4.78, 5) is 45.6. The van der Waals surface area contributed by atoms with E-state index >= 15 is 0 Å². The lowest BCUT2D eigenvalue weighted by Crippen LogP contribution is -2.53. The van der Waals surface area contributed by atoms with Crippen molar-refractivity contribution in [2.75, 3.05) is 45.8 Å². The highest BCUT2D eigenvalue weighted by molar-refractivity contribution is 6.04. The van der Waals surface area contributed by atoms with Crippen molar-refractivity contribution in [1.82, 2.24) is 24.5 Å². The molecule has 1 aromatic heterocycles. The van der Waals surface area contributed by atoms with E-state index in [0.717, 1.165) is 13.1 Å². The highest BCUT2D eigenvalue weighted by atomic mass is 16.2. The summed E-state index contributed by atoms with van der Waals surface area (Å²) in [6, 6.07) is 16.3. The summed E-state index contributed by atoms with van der Waals surface area (Å²) in [6.45, 7) is 8.76. The number of fused-ring (bicyclic) bond motifs is 1. The summed E-state index contributed by atoms with van der Waals surface area (Å²) in [6.07, 6.45) is 1.17. The first-order valence-electron chi connectivity index (χ1n) is 12.8. The molecule has 2 atom stereocenters. The molecule has 5 rings (SSSR count). The van der Waals surface area contributed by atoms with Gasteiger partial charge in [0.05, 0.1) is 17.6 Å². The van der Waals surface area contributed by atoms with Crippen LogP contribution in [0.15, 0.2) is 59.4 Å². The number of carbonyl (C=O) groups is 2. The number of benzene rings is 2. The summed E-state index contributed by atoms with van der Waals surface area (Å²) >= 11 is 0.